The Morgan fingerprint density at radius 2 is 2.13 bits per heavy atom. The number of piperidine rings is 1. The Hall–Kier alpha value is -0.610. The molecule has 0 aliphatic carbocycles. The summed E-state index contributed by atoms with van der Waals surface area (Å²) < 4.78 is 0. The summed E-state index contributed by atoms with van der Waals surface area (Å²) in [4.78, 5) is 13.2. The molecule has 1 heterocycles. The monoisotopic (exact) mass is 214 g/mol. The minimum absolute atomic E-state index is 0.0346. The van der Waals surface area contributed by atoms with Gasteiger partial charge in [0.15, 0.2) is 0 Å². The summed E-state index contributed by atoms with van der Waals surface area (Å²) in [5.41, 5.74) is 5.55. The molecule has 1 atom stereocenters. The lowest BCUT2D eigenvalue weighted by atomic mass is 9.59. The van der Waals surface area contributed by atoms with Crippen molar-refractivity contribution in [1.82, 2.24) is 4.90 Å². The first kappa shape index (κ1) is 12.5. The number of hydrogen-bond acceptors (Lipinski definition) is 3. The van der Waals surface area contributed by atoms with E-state index in [1.165, 1.54) is 0 Å². The number of rotatable bonds is 3. The standard InChI is InChI=1S/C11H22N2O2/c1-10(2)8-13(3)5-4-11(10,7-12)6-9(14)15/h4-8,12H2,1-3H3,(H,14,15). The van der Waals surface area contributed by atoms with Crippen molar-refractivity contribution in [3.05, 3.63) is 0 Å². The fourth-order valence-electron chi connectivity index (χ4n) is 2.73. The molecule has 0 aromatic rings. The first-order valence-corrected chi connectivity index (χ1v) is 5.43. The SMILES string of the molecule is CN1CCC(CN)(CC(=O)O)C(C)(C)C1. The molecule has 0 radical (unpaired) electrons. The first-order chi connectivity index (χ1) is 6.83. The Bertz CT molecular complexity index is 253. The van der Waals surface area contributed by atoms with E-state index in [0.29, 0.717) is 6.54 Å². The largest absolute Gasteiger partial charge is 0.481 e. The summed E-state index contributed by atoms with van der Waals surface area (Å²) in [6.45, 7) is 6.56. The van der Waals surface area contributed by atoms with E-state index in [9.17, 15) is 4.79 Å². The summed E-state index contributed by atoms with van der Waals surface area (Å²) in [6, 6.07) is 0. The third-order valence-electron chi connectivity index (χ3n) is 3.95. The van der Waals surface area contributed by atoms with Crippen LogP contribution in [0.5, 0.6) is 0 Å². The molecule has 0 amide bonds. The zero-order valence-electron chi connectivity index (χ0n) is 9.92. The highest BCUT2D eigenvalue weighted by atomic mass is 16.4. The van der Waals surface area contributed by atoms with Crippen LogP contribution in [0.4, 0.5) is 0 Å². The summed E-state index contributed by atoms with van der Waals surface area (Å²) in [7, 11) is 2.07. The van der Waals surface area contributed by atoms with Gasteiger partial charge >= 0.3 is 5.97 Å². The second-order valence-electron chi connectivity index (χ2n) is 5.43. The van der Waals surface area contributed by atoms with Crippen LogP contribution < -0.4 is 5.73 Å². The molecule has 1 aliphatic rings. The zero-order chi connectivity index (χ0) is 11.7. The maximum atomic E-state index is 10.9. The van der Waals surface area contributed by atoms with Gasteiger partial charge in [0.05, 0.1) is 6.42 Å². The second-order valence-corrected chi connectivity index (χ2v) is 5.43. The summed E-state index contributed by atoms with van der Waals surface area (Å²) in [5.74, 6) is -0.738. The summed E-state index contributed by atoms with van der Waals surface area (Å²) in [5, 5.41) is 8.99. The third-order valence-corrected chi connectivity index (χ3v) is 3.95. The first-order valence-electron chi connectivity index (χ1n) is 5.43. The van der Waals surface area contributed by atoms with E-state index >= 15 is 0 Å². The quantitative estimate of drug-likeness (QED) is 0.728. The van der Waals surface area contributed by atoms with Crippen LogP contribution in [-0.2, 0) is 4.79 Å². The lowest BCUT2D eigenvalue weighted by Crippen LogP contribution is -2.55. The molecule has 0 bridgehead atoms. The maximum absolute atomic E-state index is 10.9. The minimum atomic E-state index is -0.738. The minimum Gasteiger partial charge on any atom is -0.481 e. The van der Waals surface area contributed by atoms with Crippen LogP contribution in [-0.4, -0.2) is 42.7 Å². The van der Waals surface area contributed by atoms with Crippen molar-refractivity contribution < 1.29 is 9.90 Å². The van der Waals surface area contributed by atoms with Crippen molar-refractivity contribution in [2.45, 2.75) is 26.7 Å². The average Bonchev–Trinajstić information content (AvgIpc) is 2.08. The van der Waals surface area contributed by atoms with Crippen molar-refractivity contribution in [3.63, 3.8) is 0 Å². The molecule has 4 nitrogen and oxygen atoms in total. The van der Waals surface area contributed by atoms with E-state index in [1.807, 2.05) is 0 Å². The number of hydrogen-bond donors (Lipinski definition) is 2. The highest BCUT2D eigenvalue weighted by Gasteiger charge is 2.48. The van der Waals surface area contributed by atoms with Crippen LogP contribution in [0, 0.1) is 10.8 Å². The average molecular weight is 214 g/mol. The van der Waals surface area contributed by atoms with Gasteiger partial charge in [-0.15, -0.1) is 0 Å². The second kappa shape index (κ2) is 4.10. The predicted molar refractivity (Wildman–Crippen MR) is 59.6 cm³/mol. The smallest absolute Gasteiger partial charge is 0.303 e. The molecule has 4 heteroatoms. The van der Waals surface area contributed by atoms with E-state index in [1.54, 1.807) is 0 Å². The van der Waals surface area contributed by atoms with Gasteiger partial charge in [-0.2, -0.15) is 0 Å². The molecular weight excluding hydrogens is 192 g/mol. The van der Waals surface area contributed by atoms with Gasteiger partial charge in [-0.25, -0.2) is 0 Å². The number of carboxylic acid groups (broad SMARTS) is 1. The van der Waals surface area contributed by atoms with Crippen molar-refractivity contribution in [2.75, 3.05) is 26.7 Å². The van der Waals surface area contributed by atoms with Crippen LogP contribution >= 0.6 is 0 Å². The number of likely N-dealkylation sites (tertiary alicyclic amines) is 1. The highest BCUT2D eigenvalue weighted by molar-refractivity contribution is 5.68. The molecule has 1 aliphatic heterocycles. The van der Waals surface area contributed by atoms with Crippen LogP contribution in [0.2, 0.25) is 0 Å². The van der Waals surface area contributed by atoms with E-state index in [4.69, 9.17) is 10.8 Å². The Kier molecular flexibility index (Phi) is 3.41. The Labute approximate surface area is 91.4 Å². The molecule has 1 saturated heterocycles. The lowest BCUT2D eigenvalue weighted by molar-refractivity contribution is -0.144. The van der Waals surface area contributed by atoms with Gasteiger partial charge in [0.25, 0.3) is 0 Å². The number of nitrogens with two attached hydrogens (primary N) is 1. The Balaban J connectivity index is 2.91. The van der Waals surface area contributed by atoms with Gasteiger partial charge in [0.2, 0.25) is 0 Å². The molecule has 0 aromatic carbocycles. The van der Waals surface area contributed by atoms with Gasteiger partial charge in [-0.1, -0.05) is 13.8 Å². The number of aliphatic carboxylic acids is 1. The van der Waals surface area contributed by atoms with E-state index in [-0.39, 0.29) is 17.3 Å². The third kappa shape index (κ3) is 2.32. The van der Waals surface area contributed by atoms with Crippen LogP contribution in [0.3, 0.4) is 0 Å². The molecule has 3 N–H and O–H groups in total. The Morgan fingerprint density at radius 1 is 1.53 bits per heavy atom. The molecule has 0 aromatic heterocycles. The zero-order valence-corrected chi connectivity index (χ0v) is 9.92. The van der Waals surface area contributed by atoms with E-state index in [2.05, 4.69) is 25.8 Å². The Morgan fingerprint density at radius 3 is 2.53 bits per heavy atom. The summed E-state index contributed by atoms with van der Waals surface area (Å²) >= 11 is 0. The van der Waals surface area contributed by atoms with Gasteiger partial charge in [0, 0.05) is 12.0 Å². The van der Waals surface area contributed by atoms with Crippen LogP contribution in [0.25, 0.3) is 0 Å². The maximum Gasteiger partial charge on any atom is 0.303 e. The molecule has 88 valence electrons. The van der Waals surface area contributed by atoms with Gasteiger partial charge in [-0.05, 0) is 32.0 Å². The highest BCUT2D eigenvalue weighted by Crippen LogP contribution is 2.47. The van der Waals surface area contributed by atoms with Crippen LogP contribution in [0.1, 0.15) is 26.7 Å². The fourth-order valence-corrected chi connectivity index (χ4v) is 2.73. The number of nitrogens with zero attached hydrogens (tertiary/aromatic N) is 1. The summed E-state index contributed by atoms with van der Waals surface area (Å²) in [6.07, 6.45) is 1.06. The number of carboxylic acids is 1. The van der Waals surface area contributed by atoms with Gasteiger partial charge < -0.3 is 15.7 Å². The predicted octanol–water partition coefficient (Wildman–Crippen LogP) is 0.768. The lowest BCUT2D eigenvalue weighted by Gasteiger charge is -2.52. The van der Waals surface area contributed by atoms with Crippen molar-refractivity contribution in [1.29, 1.82) is 0 Å². The molecule has 0 saturated carbocycles. The molecular formula is C11H22N2O2. The van der Waals surface area contributed by atoms with Gasteiger partial charge in [-0.3, -0.25) is 4.79 Å². The molecule has 1 rings (SSSR count). The van der Waals surface area contributed by atoms with Gasteiger partial charge in [0.1, 0.15) is 0 Å². The molecule has 1 fully saturated rings. The van der Waals surface area contributed by atoms with Crippen molar-refractivity contribution in [3.8, 4) is 0 Å². The van der Waals surface area contributed by atoms with Crippen molar-refractivity contribution in [2.24, 2.45) is 16.6 Å². The van der Waals surface area contributed by atoms with Crippen molar-refractivity contribution >= 4 is 5.97 Å². The van der Waals surface area contributed by atoms with E-state index < -0.39 is 5.97 Å². The fraction of sp³-hybridized carbons (Fsp3) is 0.909. The van der Waals surface area contributed by atoms with Crippen LogP contribution in [0.15, 0.2) is 0 Å². The molecule has 0 spiro atoms. The topological polar surface area (TPSA) is 66.6 Å². The molecule has 1 unspecified atom stereocenters. The van der Waals surface area contributed by atoms with E-state index in [0.717, 1.165) is 19.5 Å². The number of carbonyl (C=O) groups is 1. The normalized spacial score (nSPS) is 31.5. The molecule has 15 heavy (non-hydrogen) atoms.